The van der Waals surface area contributed by atoms with Crippen LogP contribution in [-0.2, 0) is 18.9 Å². The van der Waals surface area contributed by atoms with E-state index in [-0.39, 0.29) is 29.9 Å². The molecule has 1 heterocycles. The van der Waals surface area contributed by atoms with Crippen molar-refractivity contribution in [2.45, 2.75) is 6.92 Å². The summed E-state index contributed by atoms with van der Waals surface area (Å²) in [5.41, 5.74) is 7.65. The highest BCUT2D eigenvalue weighted by molar-refractivity contribution is 5.94. The molecule has 1 unspecified atom stereocenters. The third kappa shape index (κ3) is 2.71. The Morgan fingerprint density at radius 1 is 1.30 bits per heavy atom. The Labute approximate surface area is 123 Å². The number of hydrogen-bond acceptors (Lipinski definition) is 3. The Morgan fingerprint density at radius 3 is 2.50 bits per heavy atom. The third-order valence-corrected chi connectivity index (χ3v) is 3.34. The minimum Gasteiger partial charge on any atom is -0.330 e. The molecule has 0 fully saturated rings. The fraction of sp³-hybridized carbons (Fsp3) is 0.385. The summed E-state index contributed by atoms with van der Waals surface area (Å²) >= 11 is 0. The Hall–Kier alpha value is -1.79. The highest BCUT2D eigenvalue weighted by Gasteiger charge is 2.12. The van der Waals surface area contributed by atoms with Crippen LogP contribution < -0.4 is 16.7 Å². The Kier molecular flexibility index (Phi) is 4.97. The van der Waals surface area contributed by atoms with Crippen LogP contribution in [0.15, 0.2) is 23.0 Å². The number of aryl methyl sites for hydroxylation is 2. The lowest BCUT2D eigenvalue weighted by molar-refractivity contribution is -0.119. The van der Waals surface area contributed by atoms with Crippen LogP contribution in [0.1, 0.15) is 6.92 Å². The molecule has 0 bridgehead atoms. The van der Waals surface area contributed by atoms with E-state index in [0.717, 1.165) is 11.0 Å². The number of anilines is 1. The first-order valence-electron chi connectivity index (χ1n) is 6.12. The second-order valence-corrected chi connectivity index (χ2v) is 4.73. The summed E-state index contributed by atoms with van der Waals surface area (Å²) in [4.78, 5) is 23.6. The van der Waals surface area contributed by atoms with E-state index >= 15 is 0 Å². The largest absolute Gasteiger partial charge is 0.330 e. The van der Waals surface area contributed by atoms with Gasteiger partial charge in [0.2, 0.25) is 5.91 Å². The van der Waals surface area contributed by atoms with Gasteiger partial charge >= 0.3 is 5.69 Å². The van der Waals surface area contributed by atoms with Crippen LogP contribution in [0.3, 0.4) is 0 Å². The lowest BCUT2D eigenvalue weighted by Crippen LogP contribution is -2.26. The van der Waals surface area contributed by atoms with Crippen LogP contribution in [0.25, 0.3) is 11.0 Å². The molecule has 0 saturated heterocycles. The zero-order valence-electron chi connectivity index (χ0n) is 11.7. The molecule has 20 heavy (non-hydrogen) atoms. The van der Waals surface area contributed by atoms with Crippen molar-refractivity contribution >= 4 is 35.0 Å². The molecule has 110 valence electrons. The summed E-state index contributed by atoms with van der Waals surface area (Å²) in [5.74, 6) is -0.363. The van der Waals surface area contributed by atoms with Crippen molar-refractivity contribution in [2.75, 3.05) is 11.9 Å². The maximum Gasteiger partial charge on any atom is 0.328 e. The fourth-order valence-electron chi connectivity index (χ4n) is 1.96. The van der Waals surface area contributed by atoms with Crippen molar-refractivity contribution in [1.82, 2.24) is 9.13 Å². The number of halogens is 1. The van der Waals surface area contributed by atoms with Crippen molar-refractivity contribution < 1.29 is 4.79 Å². The molecule has 1 amide bonds. The van der Waals surface area contributed by atoms with Crippen molar-refractivity contribution in [3.8, 4) is 0 Å². The molecule has 0 aliphatic rings. The summed E-state index contributed by atoms with van der Waals surface area (Å²) < 4.78 is 3.13. The molecular weight excluding hydrogens is 280 g/mol. The van der Waals surface area contributed by atoms with E-state index in [2.05, 4.69) is 5.32 Å². The molecule has 2 rings (SSSR count). The van der Waals surface area contributed by atoms with Crippen molar-refractivity contribution in [1.29, 1.82) is 0 Å². The molecule has 1 atom stereocenters. The van der Waals surface area contributed by atoms with Gasteiger partial charge in [-0.05, 0) is 18.2 Å². The van der Waals surface area contributed by atoms with Gasteiger partial charge in [-0.3, -0.25) is 13.9 Å². The van der Waals surface area contributed by atoms with Gasteiger partial charge in [-0.25, -0.2) is 4.79 Å². The van der Waals surface area contributed by atoms with Crippen LogP contribution >= 0.6 is 12.4 Å². The molecule has 0 spiro atoms. The van der Waals surface area contributed by atoms with E-state index in [1.54, 1.807) is 42.3 Å². The Morgan fingerprint density at radius 2 is 1.90 bits per heavy atom. The number of nitrogens with one attached hydrogen (secondary N) is 1. The van der Waals surface area contributed by atoms with Gasteiger partial charge in [0.25, 0.3) is 0 Å². The average molecular weight is 299 g/mol. The number of rotatable bonds is 3. The van der Waals surface area contributed by atoms with E-state index in [4.69, 9.17) is 5.73 Å². The number of carbonyl (C=O) groups is 1. The predicted molar refractivity (Wildman–Crippen MR) is 82.3 cm³/mol. The van der Waals surface area contributed by atoms with Crippen LogP contribution in [-0.4, -0.2) is 21.6 Å². The number of carbonyl (C=O) groups excluding carboxylic acids is 1. The molecule has 0 radical (unpaired) electrons. The summed E-state index contributed by atoms with van der Waals surface area (Å²) in [7, 11) is 3.43. The van der Waals surface area contributed by atoms with Crippen LogP contribution in [0.2, 0.25) is 0 Å². The van der Waals surface area contributed by atoms with Gasteiger partial charge in [0.1, 0.15) is 0 Å². The number of hydrogen-bond donors (Lipinski definition) is 2. The molecule has 3 N–H and O–H groups in total. The summed E-state index contributed by atoms with van der Waals surface area (Å²) in [6.07, 6.45) is 0. The first-order valence-corrected chi connectivity index (χ1v) is 6.12. The number of imidazole rings is 1. The van der Waals surface area contributed by atoms with E-state index in [1.807, 2.05) is 6.07 Å². The van der Waals surface area contributed by atoms with E-state index in [1.165, 1.54) is 0 Å². The average Bonchev–Trinajstić information content (AvgIpc) is 2.63. The van der Waals surface area contributed by atoms with E-state index < -0.39 is 0 Å². The smallest absolute Gasteiger partial charge is 0.328 e. The number of aromatic nitrogens is 2. The molecular formula is C13H19ClN4O2. The standard InChI is InChI=1S/C13H18N4O2.ClH/c1-8(7-14)12(18)15-9-4-5-10-11(6-9)17(3)13(19)16(10)2;/h4-6,8H,7,14H2,1-3H3,(H,15,18);1H. The second-order valence-electron chi connectivity index (χ2n) is 4.73. The predicted octanol–water partition coefficient (Wildman–Crippen LogP) is 0.832. The first kappa shape index (κ1) is 16.3. The minimum absolute atomic E-state index is 0. The van der Waals surface area contributed by atoms with Gasteiger partial charge in [0.15, 0.2) is 0 Å². The molecule has 2 aromatic rings. The van der Waals surface area contributed by atoms with Gasteiger partial charge in [-0.1, -0.05) is 6.92 Å². The molecule has 0 saturated carbocycles. The quantitative estimate of drug-likeness (QED) is 0.880. The highest BCUT2D eigenvalue weighted by atomic mass is 35.5. The van der Waals surface area contributed by atoms with Gasteiger partial charge in [0.05, 0.1) is 11.0 Å². The molecule has 1 aromatic carbocycles. The lowest BCUT2D eigenvalue weighted by Gasteiger charge is -2.10. The van der Waals surface area contributed by atoms with Crippen LogP contribution in [0.5, 0.6) is 0 Å². The molecule has 0 aliphatic heterocycles. The summed E-state index contributed by atoms with van der Waals surface area (Å²) in [6.45, 7) is 2.07. The molecule has 6 nitrogen and oxygen atoms in total. The normalized spacial score (nSPS) is 12.0. The van der Waals surface area contributed by atoms with Crippen LogP contribution in [0.4, 0.5) is 5.69 Å². The topological polar surface area (TPSA) is 82.1 Å². The van der Waals surface area contributed by atoms with Crippen molar-refractivity contribution in [2.24, 2.45) is 25.7 Å². The first-order chi connectivity index (χ1) is 8.95. The number of fused-ring (bicyclic) bond motifs is 1. The molecule has 7 heteroatoms. The summed E-state index contributed by atoms with van der Waals surface area (Å²) in [6, 6.07) is 5.39. The summed E-state index contributed by atoms with van der Waals surface area (Å²) in [5, 5.41) is 2.80. The van der Waals surface area contributed by atoms with E-state index in [0.29, 0.717) is 12.2 Å². The minimum atomic E-state index is -0.240. The van der Waals surface area contributed by atoms with E-state index in [9.17, 15) is 9.59 Å². The van der Waals surface area contributed by atoms with Crippen molar-refractivity contribution in [3.05, 3.63) is 28.7 Å². The zero-order valence-corrected chi connectivity index (χ0v) is 12.5. The maximum absolute atomic E-state index is 11.8. The second kappa shape index (κ2) is 6.11. The number of nitrogens with zero attached hydrogens (tertiary/aromatic N) is 2. The Balaban J connectivity index is 0.00000200. The SMILES string of the molecule is CC(CN)C(=O)Nc1ccc2c(c1)n(C)c(=O)n2C.Cl. The Bertz CT molecular complexity index is 689. The molecule has 1 aromatic heterocycles. The van der Waals surface area contributed by atoms with Crippen LogP contribution in [0, 0.1) is 5.92 Å². The van der Waals surface area contributed by atoms with Gasteiger partial charge in [-0.15, -0.1) is 12.4 Å². The fourth-order valence-corrected chi connectivity index (χ4v) is 1.96. The van der Waals surface area contributed by atoms with Gasteiger partial charge < -0.3 is 11.1 Å². The number of amides is 1. The van der Waals surface area contributed by atoms with Crippen molar-refractivity contribution in [3.63, 3.8) is 0 Å². The number of benzene rings is 1. The maximum atomic E-state index is 11.8. The molecule has 0 aliphatic carbocycles. The third-order valence-electron chi connectivity index (χ3n) is 3.34. The highest BCUT2D eigenvalue weighted by Crippen LogP contribution is 2.18. The lowest BCUT2D eigenvalue weighted by atomic mass is 10.1. The van der Waals surface area contributed by atoms with Gasteiger partial charge in [0, 0.05) is 32.2 Å². The van der Waals surface area contributed by atoms with Gasteiger partial charge in [-0.2, -0.15) is 0 Å². The monoisotopic (exact) mass is 298 g/mol. The zero-order chi connectivity index (χ0) is 14.2. The number of nitrogens with two attached hydrogens (primary N) is 1.